The van der Waals surface area contributed by atoms with Crippen molar-refractivity contribution in [1.82, 2.24) is 0 Å². The molecule has 0 spiro atoms. The predicted molar refractivity (Wildman–Crippen MR) is 359 cm³/mol. The predicted octanol–water partition coefficient (Wildman–Crippen LogP) is 16.9. The maximum absolute atomic E-state index is 11.0. The SMILES string of the molecule is CC(=O)Nc1cc2c(cc1Br)CCCC2.CC(=O)Nc1cc2c(cc1C)CCCC2.CC(=O)Nc1ccc2c(c1)CCCC2.CC(=O)Nc1ccc2c(c1Br)CCCC2.CC(=O)Nc1ccc2c(c1C)CCCC2.Nc1ccc2c(c1)CCCC2. The van der Waals surface area contributed by atoms with Crippen molar-refractivity contribution in [2.45, 2.75) is 203 Å². The standard InChI is InChI=1S/2C13H17NO.2C12H14BrNO.C12H15NO.C10H13N/c1-9-7-11-5-3-4-6-12(11)8-13(9)14-10(2)15;1-9-12-6-4-3-5-11(12)7-8-13(9)14-10(2)15;1-8(15)14-12-7-10-5-3-2-4-9(10)6-11(12)13;1-8(15)14-11-7-6-9-4-2-3-5-10(9)12(11)13;1-9(14)13-12-7-6-10-4-2-3-5-11(10)8-12;11-10-6-5-8-3-1-2-4-9(8)7-10/h2*7-8H,3-6H2,1-2H3,(H,14,15);2*6-7H,2-5H2,1H3,(H,14,15);6-8H,2-5H2,1H3,(H,13,14);5-7H,1-4,11H2. The Kier molecular flexibility index (Phi) is 25.5. The van der Waals surface area contributed by atoms with Crippen LogP contribution in [-0.2, 0) is 101 Å². The van der Waals surface area contributed by atoms with Gasteiger partial charge in [-0.25, -0.2) is 0 Å². The molecule has 6 aromatic carbocycles. The minimum absolute atomic E-state index is 0.000703. The Labute approximate surface area is 522 Å². The van der Waals surface area contributed by atoms with Crippen LogP contribution >= 0.6 is 31.9 Å². The van der Waals surface area contributed by atoms with Crippen molar-refractivity contribution in [2.75, 3.05) is 32.3 Å². The molecule has 11 nitrogen and oxygen atoms in total. The number of carbonyl (C=O) groups is 5. The van der Waals surface area contributed by atoms with Crippen LogP contribution in [0.4, 0.5) is 34.1 Å². The second-order valence-electron chi connectivity index (χ2n) is 23.6. The maximum atomic E-state index is 11.0. The first-order valence-corrected chi connectivity index (χ1v) is 32.6. The Hall–Kier alpha value is -6.57. The number of hydrogen-bond donors (Lipinski definition) is 6. The second-order valence-corrected chi connectivity index (χ2v) is 25.3. The molecular weight excluding hydrogens is 1190 g/mol. The fourth-order valence-corrected chi connectivity index (χ4v) is 13.6. The number of benzene rings is 6. The third-order valence-electron chi connectivity index (χ3n) is 16.7. The van der Waals surface area contributed by atoms with Crippen molar-refractivity contribution in [3.8, 4) is 0 Å². The molecule has 12 rings (SSSR count). The Bertz CT molecular complexity index is 3160. The van der Waals surface area contributed by atoms with E-state index in [0.29, 0.717) is 0 Å². The number of fused-ring (bicyclic) bond motifs is 6. The first-order chi connectivity index (χ1) is 40.8. The van der Waals surface area contributed by atoms with Gasteiger partial charge in [0.05, 0.1) is 11.4 Å². The zero-order chi connectivity index (χ0) is 61.0. The van der Waals surface area contributed by atoms with E-state index in [1.165, 1.54) is 201 Å². The first-order valence-electron chi connectivity index (χ1n) is 31.0. The maximum Gasteiger partial charge on any atom is 0.221 e. The largest absolute Gasteiger partial charge is 0.399 e. The van der Waals surface area contributed by atoms with Gasteiger partial charge in [0.2, 0.25) is 29.5 Å². The van der Waals surface area contributed by atoms with Crippen LogP contribution in [0.25, 0.3) is 0 Å². The average molecular weight is 1280 g/mol. The van der Waals surface area contributed by atoms with E-state index in [4.69, 9.17) is 5.73 Å². The van der Waals surface area contributed by atoms with E-state index in [1.54, 1.807) is 20.8 Å². The van der Waals surface area contributed by atoms with E-state index >= 15 is 0 Å². The van der Waals surface area contributed by atoms with Crippen molar-refractivity contribution in [3.63, 3.8) is 0 Å². The van der Waals surface area contributed by atoms with Crippen LogP contribution in [0, 0.1) is 13.8 Å². The summed E-state index contributed by atoms with van der Waals surface area (Å²) in [6, 6.07) is 29.4. The van der Waals surface area contributed by atoms with E-state index in [9.17, 15) is 24.0 Å². The molecule has 0 fully saturated rings. The normalized spacial score (nSPS) is 14.7. The molecule has 7 N–H and O–H groups in total. The molecule has 0 unspecified atom stereocenters. The summed E-state index contributed by atoms with van der Waals surface area (Å²) in [7, 11) is 0. The summed E-state index contributed by atoms with van der Waals surface area (Å²) in [6.45, 7) is 11.9. The van der Waals surface area contributed by atoms with Crippen LogP contribution in [0.5, 0.6) is 0 Å². The van der Waals surface area contributed by atoms with Gasteiger partial charge < -0.3 is 32.3 Å². The molecule has 452 valence electrons. The number of nitrogen functional groups attached to an aromatic ring is 1. The van der Waals surface area contributed by atoms with Gasteiger partial charge >= 0.3 is 0 Å². The van der Waals surface area contributed by atoms with Crippen molar-refractivity contribution in [1.29, 1.82) is 0 Å². The molecule has 0 radical (unpaired) electrons. The molecule has 0 aromatic heterocycles. The molecule has 0 atom stereocenters. The molecule has 5 amide bonds. The molecule has 6 aliphatic rings. The molecule has 0 aliphatic heterocycles. The number of anilines is 6. The van der Waals surface area contributed by atoms with Gasteiger partial charge in [-0.05, 0) is 332 Å². The van der Waals surface area contributed by atoms with Crippen molar-refractivity contribution in [3.05, 3.63) is 172 Å². The summed E-state index contributed by atoms with van der Waals surface area (Å²) in [6.07, 6.45) is 29.5. The molecule has 0 bridgehead atoms. The van der Waals surface area contributed by atoms with E-state index in [-0.39, 0.29) is 29.5 Å². The third kappa shape index (κ3) is 20.3. The summed E-state index contributed by atoms with van der Waals surface area (Å²) in [5, 5.41) is 14.3. The van der Waals surface area contributed by atoms with Crippen molar-refractivity contribution >= 4 is 95.5 Å². The quantitative estimate of drug-likeness (QED) is 0.0938. The number of aryl methyl sites for hydroxylation is 11. The number of halogens is 2. The first kappa shape index (κ1) is 66.0. The van der Waals surface area contributed by atoms with Gasteiger partial charge in [0.1, 0.15) is 0 Å². The van der Waals surface area contributed by atoms with Gasteiger partial charge in [-0.1, -0.05) is 30.3 Å². The van der Waals surface area contributed by atoms with E-state index in [1.807, 2.05) is 24.3 Å². The van der Waals surface area contributed by atoms with Gasteiger partial charge in [-0.3, -0.25) is 24.0 Å². The topological polar surface area (TPSA) is 172 Å². The van der Waals surface area contributed by atoms with Crippen molar-refractivity contribution in [2.24, 2.45) is 0 Å². The molecule has 13 heteroatoms. The molecule has 6 aromatic rings. The number of nitrogens with one attached hydrogen (secondary N) is 5. The summed E-state index contributed by atoms with van der Waals surface area (Å²) in [4.78, 5) is 54.9. The number of amides is 5. The fraction of sp³-hybridized carbons (Fsp3) is 0.431. The van der Waals surface area contributed by atoms with Crippen LogP contribution in [0.3, 0.4) is 0 Å². The summed E-state index contributed by atoms with van der Waals surface area (Å²) < 4.78 is 2.05. The van der Waals surface area contributed by atoms with Gasteiger partial charge in [-0.2, -0.15) is 0 Å². The van der Waals surface area contributed by atoms with Crippen LogP contribution in [0.2, 0.25) is 0 Å². The fourth-order valence-electron chi connectivity index (χ4n) is 12.4. The van der Waals surface area contributed by atoms with Crippen LogP contribution < -0.4 is 32.3 Å². The lowest BCUT2D eigenvalue weighted by molar-refractivity contribution is -0.115. The number of rotatable bonds is 5. The highest BCUT2D eigenvalue weighted by Gasteiger charge is 2.18. The van der Waals surface area contributed by atoms with Gasteiger partial charge in [0.25, 0.3) is 0 Å². The number of nitrogens with two attached hydrogens (primary N) is 1. The Morgan fingerprint density at radius 2 is 0.694 bits per heavy atom. The Balaban J connectivity index is 0.000000146. The number of carbonyl (C=O) groups excluding carboxylic acids is 5. The summed E-state index contributed by atoms with van der Waals surface area (Å²) in [5.41, 5.74) is 30.9. The highest BCUT2D eigenvalue weighted by Crippen LogP contribution is 2.35. The lowest BCUT2D eigenvalue weighted by Crippen LogP contribution is -2.11. The zero-order valence-electron chi connectivity index (χ0n) is 51.4. The lowest BCUT2D eigenvalue weighted by Gasteiger charge is -2.20. The average Bonchev–Trinajstić information content (AvgIpc) is 3.47. The van der Waals surface area contributed by atoms with Crippen molar-refractivity contribution < 1.29 is 24.0 Å². The number of hydrogen-bond acceptors (Lipinski definition) is 6. The molecular formula is C72H90Br2N6O5. The molecule has 0 saturated heterocycles. The highest BCUT2D eigenvalue weighted by atomic mass is 79.9. The Morgan fingerprint density at radius 1 is 0.341 bits per heavy atom. The van der Waals surface area contributed by atoms with Gasteiger partial charge in [-0.15, -0.1) is 0 Å². The minimum atomic E-state index is -0.0218. The molecule has 6 aliphatic carbocycles. The highest BCUT2D eigenvalue weighted by molar-refractivity contribution is 9.11. The minimum Gasteiger partial charge on any atom is -0.399 e. The zero-order valence-corrected chi connectivity index (χ0v) is 54.6. The second kappa shape index (κ2) is 32.8. The van der Waals surface area contributed by atoms with E-state index in [0.717, 1.165) is 88.0 Å². The van der Waals surface area contributed by atoms with Gasteiger partial charge in [0.15, 0.2) is 0 Å². The van der Waals surface area contributed by atoms with Gasteiger partial charge in [0, 0.05) is 66.3 Å². The van der Waals surface area contributed by atoms with Crippen LogP contribution in [-0.4, -0.2) is 29.5 Å². The molecule has 85 heavy (non-hydrogen) atoms. The van der Waals surface area contributed by atoms with E-state index in [2.05, 4.69) is 133 Å². The lowest BCUT2D eigenvalue weighted by atomic mass is 9.88. The molecule has 0 saturated carbocycles. The summed E-state index contributed by atoms with van der Waals surface area (Å²) >= 11 is 7.07. The monoisotopic (exact) mass is 1280 g/mol. The Morgan fingerprint density at radius 3 is 1.22 bits per heavy atom. The summed E-state index contributed by atoms with van der Waals surface area (Å²) in [5.74, 6) is -0.0265. The smallest absolute Gasteiger partial charge is 0.221 e. The molecule has 0 heterocycles. The van der Waals surface area contributed by atoms with Crippen LogP contribution in [0.15, 0.2) is 93.9 Å². The van der Waals surface area contributed by atoms with Crippen LogP contribution in [0.1, 0.15) is 190 Å². The third-order valence-corrected chi connectivity index (χ3v) is 18.2. The van der Waals surface area contributed by atoms with E-state index < -0.39 is 0 Å².